The number of benzene rings is 4. The van der Waals surface area contributed by atoms with Crippen molar-refractivity contribution in [3.8, 4) is 11.1 Å². The van der Waals surface area contributed by atoms with E-state index in [9.17, 15) is 0 Å². The third kappa shape index (κ3) is 6.38. The molecule has 3 aliphatic carbocycles. The molecule has 47 heavy (non-hydrogen) atoms. The van der Waals surface area contributed by atoms with E-state index in [2.05, 4.69) is 144 Å². The van der Waals surface area contributed by atoms with Crippen LogP contribution in [0.3, 0.4) is 0 Å². The van der Waals surface area contributed by atoms with Crippen LogP contribution in [-0.4, -0.2) is 6.04 Å². The van der Waals surface area contributed by atoms with E-state index >= 15 is 0 Å². The number of allylic oxidation sites excluding steroid dienone is 7. The molecule has 0 bridgehead atoms. The molecule has 0 spiro atoms. The number of rotatable bonds is 8. The predicted octanol–water partition coefficient (Wildman–Crippen LogP) is 10.9. The summed E-state index contributed by atoms with van der Waals surface area (Å²) in [7, 11) is 0. The van der Waals surface area contributed by atoms with Gasteiger partial charge in [-0.3, -0.25) is 0 Å². The van der Waals surface area contributed by atoms with Gasteiger partial charge in [0.1, 0.15) is 0 Å². The van der Waals surface area contributed by atoms with Gasteiger partial charge in [-0.05, 0) is 126 Å². The first-order valence-electron chi connectivity index (χ1n) is 17.6. The molecule has 1 fully saturated rings. The van der Waals surface area contributed by atoms with Crippen LogP contribution in [0.15, 0.2) is 139 Å². The second-order valence-electron chi connectivity index (χ2n) is 13.9. The van der Waals surface area contributed by atoms with Crippen molar-refractivity contribution in [2.45, 2.75) is 68.9 Å². The lowest BCUT2D eigenvalue weighted by Crippen LogP contribution is -2.27. The quantitative estimate of drug-likeness (QED) is 0.185. The van der Waals surface area contributed by atoms with E-state index in [0.717, 1.165) is 31.4 Å². The Labute approximate surface area is 280 Å². The lowest BCUT2D eigenvalue weighted by atomic mass is 9.74. The third-order valence-electron chi connectivity index (χ3n) is 10.9. The monoisotopic (exact) mass is 615 g/mol. The molecule has 0 amide bonds. The smallest absolute Gasteiger partial charge is 0.0419 e. The largest absolute Gasteiger partial charge is 0.381 e. The average Bonchev–Trinajstić information content (AvgIpc) is 3.51. The molecule has 4 N–H and O–H groups in total. The summed E-state index contributed by atoms with van der Waals surface area (Å²) < 4.78 is 0. The lowest BCUT2D eigenvalue weighted by Gasteiger charge is -2.32. The van der Waals surface area contributed by atoms with Gasteiger partial charge in [0.05, 0.1) is 0 Å². The number of para-hydroxylation sites is 1. The van der Waals surface area contributed by atoms with Crippen molar-refractivity contribution in [1.29, 1.82) is 0 Å². The number of nitrogens with two attached hydrogens (primary N) is 1. The van der Waals surface area contributed by atoms with Gasteiger partial charge in [-0.1, -0.05) is 103 Å². The molecule has 8 rings (SSSR count). The Kier molecular flexibility index (Phi) is 8.40. The Hall–Kier alpha value is -4.60. The van der Waals surface area contributed by atoms with Crippen molar-refractivity contribution >= 4 is 16.9 Å². The van der Waals surface area contributed by atoms with Crippen molar-refractivity contribution in [1.82, 2.24) is 0 Å². The van der Waals surface area contributed by atoms with Gasteiger partial charge in [-0.15, -0.1) is 0 Å². The molecular weight excluding hydrogens is 571 g/mol. The zero-order valence-corrected chi connectivity index (χ0v) is 27.1. The number of anilines is 2. The average molecular weight is 616 g/mol. The maximum Gasteiger partial charge on any atom is 0.0419 e. The molecule has 236 valence electrons. The zero-order valence-electron chi connectivity index (χ0n) is 27.1. The van der Waals surface area contributed by atoms with Gasteiger partial charge >= 0.3 is 0 Å². The molecule has 1 aliphatic heterocycles. The number of nitrogens with one attached hydrogen (secondary N) is 2. The van der Waals surface area contributed by atoms with Crippen LogP contribution in [0.4, 0.5) is 11.4 Å². The summed E-state index contributed by atoms with van der Waals surface area (Å²) >= 11 is 0. The Bertz CT molecular complexity index is 1840. The Morgan fingerprint density at radius 1 is 0.809 bits per heavy atom. The maximum atomic E-state index is 6.62. The molecule has 3 heteroatoms. The van der Waals surface area contributed by atoms with Crippen LogP contribution in [0.1, 0.15) is 85.1 Å². The first-order valence-corrected chi connectivity index (χ1v) is 17.6. The van der Waals surface area contributed by atoms with E-state index in [4.69, 9.17) is 5.73 Å². The van der Waals surface area contributed by atoms with Gasteiger partial charge in [-0.2, -0.15) is 0 Å². The van der Waals surface area contributed by atoms with Crippen LogP contribution in [-0.2, 0) is 0 Å². The van der Waals surface area contributed by atoms with E-state index in [1.807, 2.05) is 0 Å². The molecule has 0 saturated heterocycles. The maximum absolute atomic E-state index is 6.62. The normalized spacial score (nSPS) is 23.6. The molecule has 0 aromatic heterocycles. The molecule has 3 nitrogen and oxygen atoms in total. The van der Waals surface area contributed by atoms with Crippen LogP contribution in [0, 0.1) is 5.92 Å². The third-order valence-corrected chi connectivity index (χ3v) is 10.9. The summed E-state index contributed by atoms with van der Waals surface area (Å²) in [4.78, 5) is 0. The molecule has 5 unspecified atom stereocenters. The molecule has 0 radical (unpaired) electrons. The highest BCUT2D eigenvalue weighted by atomic mass is 15.0. The van der Waals surface area contributed by atoms with E-state index < -0.39 is 0 Å². The first-order chi connectivity index (χ1) is 23.2. The van der Waals surface area contributed by atoms with Gasteiger partial charge in [0.2, 0.25) is 0 Å². The van der Waals surface area contributed by atoms with Crippen LogP contribution in [0.25, 0.3) is 16.7 Å². The van der Waals surface area contributed by atoms with Crippen molar-refractivity contribution in [3.05, 3.63) is 161 Å². The Morgan fingerprint density at radius 2 is 1.66 bits per heavy atom. The molecule has 5 atom stereocenters. The molecule has 4 aromatic carbocycles. The van der Waals surface area contributed by atoms with Crippen LogP contribution >= 0.6 is 0 Å². The fourth-order valence-corrected chi connectivity index (χ4v) is 8.29. The minimum Gasteiger partial charge on any atom is -0.381 e. The minimum absolute atomic E-state index is 0.0514. The lowest BCUT2D eigenvalue weighted by molar-refractivity contribution is 0.377. The molecule has 4 aliphatic rings. The minimum atomic E-state index is 0.0514. The summed E-state index contributed by atoms with van der Waals surface area (Å²) in [5, 5.41) is 7.56. The summed E-state index contributed by atoms with van der Waals surface area (Å²) in [6.45, 7) is 0. The zero-order chi connectivity index (χ0) is 31.6. The standard InChI is InChI=1S/C44H45N3/c45-41(27-30-9-2-1-3-10-30)33-19-17-31(18-20-33)34-11-8-12-36(28-34)38-13-4-6-15-42(38)46-37-24-21-32(22-25-37)35-23-26-44-40(29-35)39-14-5-7-16-43(39)47-44/h1-3,5-9,11-12,14-22,24-25,28,30,35,40-41,44,46-47H,4,10,13,23,26-27,29,45H2. The second-order valence-corrected chi connectivity index (χ2v) is 13.9. The van der Waals surface area contributed by atoms with Crippen LogP contribution < -0.4 is 16.4 Å². The molecule has 4 aromatic rings. The van der Waals surface area contributed by atoms with Crippen LogP contribution in [0.5, 0.6) is 0 Å². The highest BCUT2D eigenvalue weighted by Gasteiger charge is 2.37. The SMILES string of the molecule is NC(CC1C=CC=CC1)c1ccc(-c2cccc(C3=C(Nc4ccc(C5CCC6Nc7ccccc7C6C5)cc4)C=CCC3)c2)cc1. The first kappa shape index (κ1) is 29.8. The molecule has 1 heterocycles. The van der Waals surface area contributed by atoms with Gasteiger partial charge in [0, 0.05) is 35.1 Å². The number of hydrogen-bond acceptors (Lipinski definition) is 3. The Morgan fingerprint density at radius 3 is 2.51 bits per heavy atom. The van der Waals surface area contributed by atoms with E-state index in [0.29, 0.717) is 23.8 Å². The topological polar surface area (TPSA) is 50.1 Å². The fraction of sp³-hybridized carbons (Fsp3) is 0.273. The van der Waals surface area contributed by atoms with Crippen LogP contribution in [0.2, 0.25) is 0 Å². The number of hydrogen-bond donors (Lipinski definition) is 3. The van der Waals surface area contributed by atoms with Gasteiger partial charge in [0.15, 0.2) is 0 Å². The molecule has 1 saturated carbocycles. The second kappa shape index (κ2) is 13.3. The van der Waals surface area contributed by atoms with Gasteiger partial charge in [-0.25, -0.2) is 0 Å². The fourth-order valence-electron chi connectivity index (χ4n) is 8.29. The van der Waals surface area contributed by atoms with Crippen molar-refractivity contribution in [2.75, 3.05) is 10.6 Å². The highest BCUT2D eigenvalue weighted by Crippen LogP contribution is 2.48. The summed E-state index contributed by atoms with van der Waals surface area (Å²) in [6, 6.07) is 36.7. The van der Waals surface area contributed by atoms with Crippen molar-refractivity contribution in [2.24, 2.45) is 11.7 Å². The Balaban J connectivity index is 0.960. The molecular formula is C44H45N3. The van der Waals surface area contributed by atoms with E-state index in [1.165, 1.54) is 69.6 Å². The summed E-state index contributed by atoms with van der Waals surface area (Å²) in [6.07, 6.45) is 21.2. The van der Waals surface area contributed by atoms with Crippen molar-refractivity contribution in [3.63, 3.8) is 0 Å². The van der Waals surface area contributed by atoms with E-state index in [1.54, 1.807) is 0 Å². The predicted molar refractivity (Wildman–Crippen MR) is 198 cm³/mol. The van der Waals surface area contributed by atoms with E-state index in [-0.39, 0.29) is 6.04 Å². The summed E-state index contributed by atoms with van der Waals surface area (Å²) in [5.41, 5.74) is 19.6. The highest BCUT2D eigenvalue weighted by molar-refractivity contribution is 5.79. The summed E-state index contributed by atoms with van der Waals surface area (Å²) in [5.74, 6) is 1.76. The number of fused-ring (bicyclic) bond motifs is 3. The van der Waals surface area contributed by atoms with Gasteiger partial charge in [0.25, 0.3) is 0 Å². The van der Waals surface area contributed by atoms with Gasteiger partial charge < -0.3 is 16.4 Å². The van der Waals surface area contributed by atoms with Crippen molar-refractivity contribution < 1.29 is 0 Å².